The Morgan fingerprint density at radius 2 is 0.889 bits per heavy atom. The van der Waals surface area contributed by atoms with Crippen LogP contribution >= 0.6 is 0 Å². The molecule has 0 amide bonds. The van der Waals surface area contributed by atoms with E-state index in [-0.39, 0.29) is 0 Å². The Labute approximate surface area is 138 Å². The summed E-state index contributed by atoms with van der Waals surface area (Å²) in [5.41, 5.74) is 0. The number of hydrogen-bond donors (Lipinski definition) is 1. The van der Waals surface area contributed by atoms with Crippen LogP contribution < -0.4 is 0 Å². The van der Waals surface area contributed by atoms with Crippen LogP contribution in [0.5, 0.6) is 0 Å². The summed E-state index contributed by atoms with van der Waals surface area (Å²) in [6, 6.07) is 0. The van der Waals surface area contributed by atoms with E-state index < -0.39 is 56.1 Å². The molecule has 4 nitrogen and oxygen atoms in total. The fourth-order valence-corrected chi connectivity index (χ4v) is 0.851. The van der Waals surface area contributed by atoms with Crippen LogP contribution in [0.1, 0.15) is 6.92 Å². The van der Waals surface area contributed by atoms with Crippen LogP contribution in [0.4, 0.5) is 61.5 Å². The van der Waals surface area contributed by atoms with Gasteiger partial charge >= 0.3 is 30.5 Å². The molecule has 0 saturated carbocycles. The highest BCUT2D eigenvalue weighted by Crippen LogP contribution is 2.47. The molecule has 0 aliphatic rings. The Kier molecular flexibility index (Phi) is 7.05. The lowest BCUT2D eigenvalue weighted by atomic mass is 10.4. The van der Waals surface area contributed by atoms with Crippen LogP contribution in [0, 0.1) is 0 Å². The van der Waals surface area contributed by atoms with E-state index in [0.29, 0.717) is 0 Å². The van der Waals surface area contributed by atoms with Crippen molar-refractivity contribution in [2.75, 3.05) is 0 Å². The van der Waals surface area contributed by atoms with E-state index in [1.807, 2.05) is 4.74 Å². The third-order valence-electron chi connectivity index (χ3n) is 2.11. The van der Waals surface area contributed by atoms with Gasteiger partial charge in [-0.2, -0.15) is 43.9 Å². The number of aliphatic hydroxyl groups is 1. The highest BCUT2D eigenvalue weighted by atomic mass is 19.4. The van der Waals surface area contributed by atoms with E-state index in [1.165, 1.54) is 0 Å². The van der Waals surface area contributed by atoms with Crippen molar-refractivity contribution in [2.24, 2.45) is 0 Å². The van der Waals surface area contributed by atoms with Gasteiger partial charge < -0.3 is 5.11 Å². The summed E-state index contributed by atoms with van der Waals surface area (Å²) in [5, 5.41) is 7.60. The zero-order valence-electron chi connectivity index (χ0n) is 12.1. The van der Waals surface area contributed by atoms with E-state index in [4.69, 9.17) is 5.11 Å². The van der Waals surface area contributed by atoms with Crippen molar-refractivity contribution in [2.45, 2.75) is 56.1 Å². The van der Waals surface area contributed by atoms with E-state index >= 15 is 0 Å². The second kappa shape index (κ2) is 7.36. The van der Waals surface area contributed by atoms with Crippen LogP contribution in [0.2, 0.25) is 0 Å². The largest absolute Gasteiger partial charge is 0.453 e. The van der Waals surface area contributed by atoms with E-state index in [2.05, 4.69) is 4.74 Å². The molecule has 0 bridgehead atoms. The molecular weight excluding hydrogens is 438 g/mol. The molecule has 0 saturated heterocycles. The van der Waals surface area contributed by atoms with Gasteiger partial charge in [-0.3, -0.25) is 9.47 Å². The zero-order chi connectivity index (χ0) is 22.3. The van der Waals surface area contributed by atoms with Gasteiger partial charge in [-0.15, -0.1) is 0 Å². The minimum absolute atomic E-state index is 0.486. The Morgan fingerprint density at radius 3 is 1.15 bits per heavy atom. The highest BCUT2D eigenvalue weighted by molar-refractivity contribution is 4.77. The Morgan fingerprint density at radius 1 is 0.593 bits per heavy atom. The van der Waals surface area contributed by atoms with Crippen molar-refractivity contribution in [1.29, 1.82) is 0 Å². The maximum Gasteiger partial charge on any atom is 0.453 e. The first-order valence-electron chi connectivity index (χ1n) is 5.79. The van der Waals surface area contributed by atoms with Crippen LogP contribution in [0.15, 0.2) is 0 Å². The number of alkyl halides is 14. The smallest absolute Gasteiger partial charge is 0.332 e. The maximum absolute atomic E-state index is 12.9. The fraction of sp³-hybridized carbons (Fsp3) is 1.00. The molecule has 0 heterocycles. The number of hydrogen-bond acceptors (Lipinski definition) is 4. The average Bonchev–Trinajstić information content (AvgIpc) is 2.33. The second-order valence-electron chi connectivity index (χ2n) is 4.58. The lowest BCUT2D eigenvalue weighted by Gasteiger charge is -2.33. The molecule has 0 aliphatic carbocycles. The molecule has 164 valence electrons. The van der Waals surface area contributed by atoms with E-state index in [1.54, 1.807) is 4.74 Å². The van der Waals surface area contributed by atoms with Crippen molar-refractivity contribution < 1.29 is 80.8 Å². The van der Waals surface area contributed by atoms with E-state index in [9.17, 15) is 61.5 Å². The zero-order valence-corrected chi connectivity index (χ0v) is 12.1. The highest BCUT2D eigenvalue weighted by Gasteiger charge is 2.73. The molecule has 0 radical (unpaired) electrons. The lowest BCUT2D eigenvalue weighted by molar-refractivity contribution is -0.545. The van der Waals surface area contributed by atoms with Crippen molar-refractivity contribution in [1.82, 2.24) is 0 Å². The molecule has 2 atom stereocenters. The number of halogens is 14. The van der Waals surface area contributed by atoms with Crippen molar-refractivity contribution in [3.63, 3.8) is 0 Å². The van der Waals surface area contributed by atoms with Gasteiger partial charge in [0.05, 0.1) is 0 Å². The quantitative estimate of drug-likeness (QED) is 0.513. The molecule has 1 N–H and O–H groups in total. The van der Waals surface area contributed by atoms with Crippen molar-refractivity contribution in [3.8, 4) is 0 Å². The van der Waals surface area contributed by atoms with Gasteiger partial charge in [-0.1, -0.05) is 0 Å². The number of rotatable bonds is 10. The first-order chi connectivity index (χ1) is 11.5. The molecule has 27 heavy (non-hydrogen) atoms. The van der Waals surface area contributed by atoms with Gasteiger partial charge in [0.2, 0.25) is 0 Å². The van der Waals surface area contributed by atoms with Gasteiger partial charge in [0, 0.05) is 6.92 Å². The summed E-state index contributed by atoms with van der Waals surface area (Å²) >= 11 is 0. The van der Waals surface area contributed by atoms with Crippen molar-refractivity contribution in [3.05, 3.63) is 0 Å². The first kappa shape index (κ1) is 25.9. The molecule has 0 aromatic carbocycles. The summed E-state index contributed by atoms with van der Waals surface area (Å²) in [4.78, 5) is 0. The summed E-state index contributed by atoms with van der Waals surface area (Å²) < 4.78 is 182. The molecule has 0 aromatic rings. The molecule has 2 unspecified atom stereocenters. The Bertz CT molecular complexity index is 454. The van der Waals surface area contributed by atoms with Gasteiger partial charge in [-0.25, -0.2) is 22.3 Å². The normalized spacial score (nSPS) is 17.8. The second-order valence-corrected chi connectivity index (χ2v) is 4.58. The van der Waals surface area contributed by atoms with Crippen LogP contribution in [0.25, 0.3) is 0 Å². The fourth-order valence-electron chi connectivity index (χ4n) is 0.851. The molecule has 18 heteroatoms. The monoisotopic (exact) mass is 444 g/mol. The molecule has 0 aromatic heterocycles. The summed E-state index contributed by atoms with van der Waals surface area (Å²) in [6.45, 7) is -0.486. The minimum atomic E-state index is -7.06. The SMILES string of the molecule is CC(F)(F)C(F)OC(F)(F)C(F)(F)OC(F)(F)C(F)(F)OC(F)C(O)(F)F. The maximum atomic E-state index is 12.9. The molecule has 0 fully saturated rings. The third-order valence-corrected chi connectivity index (χ3v) is 2.11. The van der Waals surface area contributed by atoms with Crippen LogP contribution in [0.3, 0.4) is 0 Å². The van der Waals surface area contributed by atoms with Gasteiger partial charge in [0.1, 0.15) is 0 Å². The van der Waals surface area contributed by atoms with Crippen LogP contribution in [-0.4, -0.2) is 54.3 Å². The molecule has 0 aliphatic heterocycles. The molecule has 0 rings (SSSR count). The predicted molar refractivity (Wildman–Crippen MR) is 50.6 cm³/mol. The predicted octanol–water partition coefficient (Wildman–Crippen LogP) is 4.24. The van der Waals surface area contributed by atoms with Crippen LogP contribution in [-0.2, 0) is 14.2 Å². The summed E-state index contributed by atoms with van der Waals surface area (Å²) in [5.74, 6) is -4.90. The van der Waals surface area contributed by atoms with Crippen molar-refractivity contribution >= 4 is 0 Å². The summed E-state index contributed by atoms with van der Waals surface area (Å²) in [7, 11) is 0. The third kappa shape index (κ3) is 6.46. The molecular formula is C9H6F14O4. The first-order valence-corrected chi connectivity index (χ1v) is 5.79. The van der Waals surface area contributed by atoms with Gasteiger partial charge in [-0.05, 0) is 0 Å². The van der Waals surface area contributed by atoms with Gasteiger partial charge in [0.15, 0.2) is 0 Å². The standard InChI is InChI=1S/C9H6F14O4/c1-4(12,13)2(10)25-6(16,17)8(20,21)27-9(22,23)7(18,19)26-3(11)5(14,15)24/h2-3,24H,1H3. The topological polar surface area (TPSA) is 47.9 Å². The molecule has 0 spiro atoms. The van der Waals surface area contributed by atoms with Gasteiger partial charge in [0.25, 0.3) is 18.6 Å². The average molecular weight is 444 g/mol. The Balaban J connectivity index is 5.49. The lowest BCUT2D eigenvalue weighted by Crippen LogP contribution is -2.57. The Hall–Kier alpha value is -1.14. The summed E-state index contributed by atoms with van der Waals surface area (Å²) in [6.07, 6.45) is -43.1. The minimum Gasteiger partial charge on any atom is -0.332 e. The number of ether oxygens (including phenoxy) is 3. The van der Waals surface area contributed by atoms with E-state index in [0.717, 1.165) is 0 Å².